The van der Waals surface area contributed by atoms with Crippen molar-refractivity contribution in [2.45, 2.75) is 39.3 Å². The highest BCUT2D eigenvalue weighted by Crippen LogP contribution is 2.17. The zero-order chi connectivity index (χ0) is 12.9. The van der Waals surface area contributed by atoms with E-state index in [0.29, 0.717) is 0 Å². The lowest BCUT2D eigenvalue weighted by Gasteiger charge is -2.36. The molecule has 0 saturated heterocycles. The second kappa shape index (κ2) is 5.35. The van der Waals surface area contributed by atoms with E-state index >= 15 is 0 Å². The molecule has 16 heavy (non-hydrogen) atoms. The Bertz CT molecular complexity index is 314. The van der Waals surface area contributed by atoms with Gasteiger partial charge in [0.15, 0.2) is 0 Å². The number of nitriles is 1. The lowest BCUT2D eigenvalue weighted by atomic mass is 10.0. The minimum Gasteiger partial charge on any atom is -0.465 e. The summed E-state index contributed by atoms with van der Waals surface area (Å²) in [5, 5.41) is 19.7. The Morgan fingerprint density at radius 2 is 2.00 bits per heavy atom. The van der Waals surface area contributed by atoms with Gasteiger partial charge in [0.05, 0.1) is 6.07 Å². The fraction of sp³-hybridized carbons (Fsp3) is 0.700. The lowest BCUT2D eigenvalue weighted by molar-refractivity contribution is -0.126. The number of carbonyl (C=O) groups is 2. The van der Waals surface area contributed by atoms with Gasteiger partial charge in [-0.3, -0.25) is 9.69 Å². The quantitative estimate of drug-likeness (QED) is 0.697. The second-order valence-corrected chi connectivity index (χ2v) is 4.38. The molecule has 0 saturated carbocycles. The number of carboxylic acid groups (broad SMARTS) is 1. The summed E-state index contributed by atoms with van der Waals surface area (Å²) in [6, 6.07) is 0.935. The summed E-state index contributed by atoms with van der Waals surface area (Å²) in [5.41, 5.74) is -0.671. The molecule has 0 spiro atoms. The van der Waals surface area contributed by atoms with E-state index < -0.39 is 23.6 Å². The molecule has 90 valence electrons. The molecule has 6 nitrogen and oxygen atoms in total. The van der Waals surface area contributed by atoms with Gasteiger partial charge in [0.25, 0.3) is 0 Å². The van der Waals surface area contributed by atoms with Crippen molar-refractivity contribution in [2.75, 3.05) is 6.54 Å². The van der Waals surface area contributed by atoms with Crippen LogP contribution in [0, 0.1) is 11.3 Å². The van der Waals surface area contributed by atoms with Crippen molar-refractivity contribution in [3.63, 3.8) is 0 Å². The van der Waals surface area contributed by atoms with Gasteiger partial charge in [0.1, 0.15) is 12.6 Å². The largest absolute Gasteiger partial charge is 0.465 e. The first-order chi connectivity index (χ1) is 7.21. The van der Waals surface area contributed by atoms with Crippen molar-refractivity contribution < 1.29 is 14.7 Å². The summed E-state index contributed by atoms with van der Waals surface area (Å²) in [7, 11) is 0. The lowest BCUT2D eigenvalue weighted by Crippen LogP contribution is -2.55. The predicted molar refractivity (Wildman–Crippen MR) is 57.7 cm³/mol. The molecule has 0 aromatic rings. The molecule has 0 aliphatic heterocycles. The maximum atomic E-state index is 11.5. The van der Waals surface area contributed by atoms with Gasteiger partial charge >= 0.3 is 6.09 Å². The normalized spacial score (nSPS) is 12.4. The van der Waals surface area contributed by atoms with Crippen LogP contribution in [0.5, 0.6) is 0 Å². The van der Waals surface area contributed by atoms with Gasteiger partial charge in [-0.25, -0.2) is 4.79 Å². The first kappa shape index (κ1) is 14.2. The third-order valence-electron chi connectivity index (χ3n) is 2.04. The van der Waals surface area contributed by atoms with Crippen LogP contribution in [-0.2, 0) is 4.79 Å². The highest BCUT2D eigenvalue weighted by Gasteiger charge is 2.34. The summed E-state index contributed by atoms with van der Waals surface area (Å²) < 4.78 is 0. The van der Waals surface area contributed by atoms with Crippen molar-refractivity contribution >= 4 is 12.0 Å². The number of nitrogens with one attached hydrogen (secondary N) is 1. The molecule has 0 aliphatic carbocycles. The maximum absolute atomic E-state index is 11.5. The Kier molecular flexibility index (Phi) is 4.76. The van der Waals surface area contributed by atoms with Crippen LogP contribution in [0.3, 0.4) is 0 Å². The number of rotatable bonds is 3. The molecule has 1 atom stereocenters. The topological polar surface area (TPSA) is 93.4 Å². The average molecular weight is 227 g/mol. The predicted octanol–water partition coefficient (Wildman–Crippen LogP) is 0.793. The summed E-state index contributed by atoms with van der Waals surface area (Å²) >= 11 is 0. The van der Waals surface area contributed by atoms with Crippen molar-refractivity contribution in [1.82, 2.24) is 10.2 Å². The number of carbonyl (C=O) groups excluding carboxylic acids is 1. The van der Waals surface area contributed by atoms with E-state index in [1.807, 2.05) is 0 Å². The van der Waals surface area contributed by atoms with Crippen LogP contribution < -0.4 is 5.32 Å². The molecule has 2 amide bonds. The number of nitrogens with zero attached hydrogens (tertiary/aromatic N) is 2. The molecule has 0 fully saturated rings. The molecule has 6 heteroatoms. The Hall–Kier alpha value is -1.77. The van der Waals surface area contributed by atoms with E-state index in [0.717, 1.165) is 4.90 Å². The summed E-state index contributed by atoms with van der Waals surface area (Å²) in [6.45, 7) is 6.48. The van der Waals surface area contributed by atoms with Crippen LogP contribution in [0.4, 0.5) is 4.79 Å². The molecule has 0 rings (SSSR count). The molecular formula is C10H17N3O3. The molecule has 0 aromatic heterocycles. The van der Waals surface area contributed by atoms with E-state index in [4.69, 9.17) is 10.4 Å². The second-order valence-electron chi connectivity index (χ2n) is 4.38. The number of hydrogen-bond donors (Lipinski definition) is 2. The van der Waals surface area contributed by atoms with Crippen LogP contribution >= 0.6 is 0 Å². The van der Waals surface area contributed by atoms with E-state index in [1.54, 1.807) is 26.8 Å². The van der Waals surface area contributed by atoms with E-state index in [1.165, 1.54) is 6.92 Å². The smallest absolute Gasteiger partial charge is 0.408 e. The van der Waals surface area contributed by atoms with E-state index in [9.17, 15) is 9.59 Å². The molecular weight excluding hydrogens is 210 g/mol. The fourth-order valence-electron chi connectivity index (χ4n) is 1.43. The number of amides is 2. The third-order valence-corrected chi connectivity index (χ3v) is 2.04. The minimum atomic E-state index is -1.16. The minimum absolute atomic E-state index is 0.124. The van der Waals surface area contributed by atoms with Gasteiger partial charge in [0.2, 0.25) is 5.91 Å². The molecule has 0 unspecified atom stereocenters. The molecule has 0 aromatic carbocycles. The van der Waals surface area contributed by atoms with Gasteiger partial charge in [-0.15, -0.1) is 0 Å². The van der Waals surface area contributed by atoms with Crippen molar-refractivity contribution in [2.24, 2.45) is 0 Å². The monoisotopic (exact) mass is 227 g/mol. The highest BCUT2D eigenvalue weighted by molar-refractivity contribution is 5.85. The van der Waals surface area contributed by atoms with Crippen LogP contribution in [-0.4, -0.2) is 40.1 Å². The molecule has 2 N–H and O–H groups in total. The standard InChI is InChI=1S/C10H17N3O3/c1-7(8(14)12-6-5-11)13(9(15)16)10(2,3)4/h7H,6H2,1-4H3,(H,12,14)(H,15,16)/t7-/m0/s1. The summed E-state index contributed by atoms with van der Waals surface area (Å²) in [6.07, 6.45) is -1.16. The number of hydrogen-bond acceptors (Lipinski definition) is 3. The van der Waals surface area contributed by atoms with Gasteiger partial charge in [-0.2, -0.15) is 5.26 Å². The SMILES string of the molecule is C[C@@H](C(=O)NCC#N)N(C(=O)O)C(C)(C)C. The third kappa shape index (κ3) is 3.77. The Morgan fingerprint density at radius 3 is 2.31 bits per heavy atom. The fourth-order valence-corrected chi connectivity index (χ4v) is 1.43. The van der Waals surface area contributed by atoms with Gasteiger partial charge < -0.3 is 10.4 Å². The van der Waals surface area contributed by atoms with E-state index in [-0.39, 0.29) is 6.54 Å². The van der Waals surface area contributed by atoms with Gasteiger partial charge in [0, 0.05) is 5.54 Å². The van der Waals surface area contributed by atoms with Gasteiger partial charge in [-0.1, -0.05) is 0 Å². The Labute approximate surface area is 94.8 Å². The molecule has 0 heterocycles. The van der Waals surface area contributed by atoms with E-state index in [2.05, 4.69) is 5.32 Å². The zero-order valence-electron chi connectivity index (χ0n) is 9.94. The maximum Gasteiger partial charge on any atom is 0.408 e. The van der Waals surface area contributed by atoms with Crippen LogP contribution in [0.25, 0.3) is 0 Å². The average Bonchev–Trinajstić information content (AvgIpc) is 2.10. The molecule has 0 radical (unpaired) electrons. The zero-order valence-corrected chi connectivity index (χ0v) is 9.94. The first-order valence-electron chi connectivity index (χ1n) is 4.88. The summed E-state index contributed by atoms with van der Waals surface area (Å²) in [5.74, 6) is -0.473. The van der Waals surface area contributed by atoms with Crippen LogP contribution in [0.15, 0.2) is 0 Å². The Morgan fingerprint density at radius 1 is 1.50 bits per heavy atom. The Balaban J connectivity index is 4.77. The summed E-state index contributed by atoms with van der Waals surface area (Å²) in [4.78, 5) is 23.6. The molecule has 0 bridgehead atoms. The first-order valence-corrected chi connectivity index (χ1v) is 4.88. The highest BCUT2D eigenvalue weighted by atomic mass is 16.4. The van der Waals surface area contributed by atoms with Crippen molar-refractivity contribution in [3.05, 3.63) is 0 Å². The van der Waals surface area contributed by atoms with Crippen molar-refractivity contribution in [1.29, 1.82) is 5.26 Å². The van der Waals surface area contributed by atoms with Gasteiger partial charge in [-0.05, 0) is 27.7 Å². The van der Waals surface area contributed by atoms with Crippen LogP contribution in [0.2, 0.25) is 0 Å². The molecule has 0 aliphatic rings. The van der Waals surface area contributed by atoms with Crippen LogP contribution in [0.1, 0.15) is 27.7 Å². The van der Waals surface area contributed by atoms with Crippen molar-refractivity contribution in [3.8, 4) is 6.07 Å².